The third-order valence-electron chi connectivity index (χ3n) is 4.00. The smallest absolute Gasteiger partial charge is 0.322 e. The van der Waals surface area contributed by atoms with Crippen molar-refractivity contribution >= 4 is 47.1 Å². The highest BCUT2D eigenvalue weighted by Gasteiger charge is 2.23. The van der Waals surface area contributed by atoms with Gasteiger partial charge in [-0.25, -0.2) is 0 Å². The molecule has 170 valence electrons. The maximum atomic E-state index is 12.4. The van der Waals surface area contributed by atoms with Crippen LogP contribution in [0.4, 0.5) is 5.69 Å². The lowest BCUT2D eigenvalue weighted by Gasteiger charge is -2.19. The van der Waals surface area contributed by atoms with Crippen LogP contribution < -0.4 is 27.4 Å². The summed E-state index contributed by atoms with van der Waals surface area (Å²) in [4.78, 5) is 58.0. The number of hydrogen-bond donors (Lipinski definition) is 7. The molecule has 0 fully saturated rings. The second-order valence-electron chi connectivity index (χ2n) is 6.35. The number of rotatable bonds is 13. The summed E-state index contributed by atoms with van der Waals surface area (Å²) in [7, 11) is 1.63. The van der Waals surface area contributed by atoms with Gasteiger partial charge in [-0.2, -0.15) is 0 Å². The summed E-state index contributed by atoms with van der Waals surface area (Å²) in [5, 5.41) is 25.1. The number of nitrogens with one attached hydrogen (secondary N) is 3. The summed E-state index contributed by atoms with van der Waals surface area (Å²) in [6.07, 6.45) is -0.355. The van der Waals surface area contributed by atoms with Crippen molar-refractivity contribution < 1.29 is 34.2 Å². The number of carboxylic acid groups (broad SMARTS) is 2. The highest BCUT2D eigenvalue weighted by atomic mass is 32.2. The fourth-order valence-electron chi connectivity index (χ4n) is 2.32. The first-order valence-corrected chi connectivity index (χ1v) is 10.0. The van der Waals surface area contributed by atoms with E-state index in [-0.39, 0.29) is 24.2 Å². The van der Waals surface area contributed by atoms with E-state index < -0.39 is 48.3 Å². The molecule has 12 nitrogen and oxygen atoms in total. The lowest BCUT2D eigenvalue weighted by Crippen LogP contribution is -2.49. The number of carbonyl (C=O) groups is 5. The fourth-order valence-corrected chi connectivity index (χ4v) is 3.38. The minimum absolute atomic E-state index is 0.0345. The molecule has 0 aliphatic rings. The Morgan fingerprint density at radius 2 is 1.84 bits per heavy atom. The van der Waals surface area contributed by atoms with Crippen LogP contribution in [0.2, 0.25) is 0 Å². The van der Waals surface area contributed by atoms with E-state index in [1.54, 1.807) is 13.1 Å². The first-order chi connectivity index (χ1) is 14.5. The maximum absolute atomic E-state index is 12.4. The molecule has 2 unspecified atom stereocenters. The minimum atomic E-state index is -1.25. The molecule has 2 atom stereocenters. The lowest BCUT2D eigenvalue weighted by atomic mass is 10.1. The molecule has 0 heterocycles. The molecule has 0 radical (unpaired) electrons. The monoisotopic (exact) mass is 455 g/mol. The second-order valence-corrected chi connectivity index (χ2v) is 7.41. The zero-order valence-electron chi connectivity index (χ0n) is 16.7. The third kappa shape index (κ3) is 8.92. The van der Waals surface area contributed by atoms with Crippen molar-refractivity contribution in [1.29, 1.82) is 0 Å². The van der Waals surface area contributed by atoms with E-state index >= 15 is 0 Å². The number of carbonyl (C=O) groups excluding carboxylic acids is 3. The van der Waals surface area contributed by atoms with Gasteiger partial charge in [0, 0.05) is 35.4 Å². The highest BCUT2D eigenvalue weighted by molar-refractivity contribution is 7.99. The van der Waals surface area contributed by atoms with Crippen LogP contribution in [0.3, 0.4) is 0 Å². The first-order valence-electron chi connectivity index (χ1n) is 9.06. The van der Waals surface area contributed by atoms with Gasteiger partial charge in [0.05, 0.1) is 0 Å². The standard InChI is InChI=1S/C18H25N5O7S/c1-21-11-6-9(16(20)27)2-4-13(11)31-8-12(17(28)22-7-15(25)26)23-14(24)5-3-10(19)18(29)30/h2,4,6,10,12,21H,3,5,7-8,19H2,1H3,(H2,20,27)(H,22,28)(H,23,24)(H,25,26)(H,29,30). The van der Waals surface area contributed by atoms with Gasteiger partial charge in [-0.3, -0.25) is 24.0 Å². The van der Waals surface area contributed by atoms with E-state index in [1.165, 1.54) is 23.9 Å². The molecule has 13 heteroatoms. The number of benzene rings is 1. The molecule has 0 aliphatic heterocycles. The van der Waals surface area contributed by atoms with E-state index in [4.69, 9.17) is 21.7 Å². The SMILES string of the molecule is CNc1cc(C(N)=O)ccc1SCC(NC(=O)CCC(N)C(=O)O)C(=O)NCC(=O)O. The molecular weight excluding hydrogens is 430 g/mol. The van der Waals surface area contributed by atoms with Crippen LogP contribution in [0.25, 0.3) is 0 Å². The molecule has 0 aliphatic carbocycles. The average molecular weight is 455 g/mol. The summed E-state index contributed by atoms with van der Waals surface area (Å²) < 4.78 is 0. The molecule has 0 saturated heterocycles. The van der Waals surface area contributed by atoms with Crippen molar-refractivity contribution in [3.8, 4) is 0 Å². The second kappa shape index (κ2) is 12.4. The van der Waals surface area contributed by atoms with Crippen LogP contribution in [0, 0.1) is 0 Å². The molecular formula is C18H25N5O7S. The predicted octanol–water partition coefficient (Wildman–Crippen LogP) is -1.20. The summed E-state index contributed by atoms with van der Waals surface area (Å²) in [5.74, 6) is -4.40. The normalized spacial score (nSPS) is 12.3. The Kier molecular flexibility index (Phi) is 10.3. The van der Waals surface area contributed by atoms with Gasteiger partial charge >= 0.3 is 11.9 Å². The third-order valence-corrected chi connectivity index (χ3v) is 5.17. The highest BCUT2D eigenvalue weighted by Crippen LogP contribution is 2.28. The van der Waals surface area contributed by atoms with Crippen LogP contribution in [0.5, 0.6) is 0 Å². The van der Waals surface area contributed by atoms with Crippen LogP contribution >= 0.6 is 11.8 Å². The van der Waals surface area contributed by atoms with Gasteiger partial charge < -0.3 is 37.6 Å². The Morgan fingerprint density at radius 1 is 1.16 bits per heavy atom. The van der Waals surface area contributed by atoms with Crippen molar-refractivity contribution in [3.05, 3.63) is 23.8 Å². The van der Waals surface area contributed by atoms with Crippen LogP contribution in [-0.4, -0.2) is 71.3 Å². The first kappa shape index (κ1) is 25.7. The number of nitrogens with two attached hydrogens (primary N) is 2. The number of anilines is 1. The molecule has 31 heavy (non-hydrogen) atoms. The Hall–Kier alpha value is -3.32. The van der Waals surface area contributed by atoms with Gasteiger partial charge in [-0.1, -0.05) is 0 Å². The Labute approximate surface area is 182 Å². The van der Waals surface area contributed by atoms with E-state index in [0.29, 0.717) is 10.6 Å². The van der Waals surface area contributed by atoms with E-state index in [0.717, 1.165) is 0 Å². The summed E-state index contributed by atoms with van der Waals surface area (Å²) in [5.41, 5.74) is 11.5. The molecule has 0 spiro atoms. The number of hydrogen-bond acceptors (Lipinski definition) is 8. The summed E-state index contributed by atoms with van der Waals surface area (Å²) in [6, 6.07) is 2.35. The van der Waals surface area contributed by atoms with Crippen LogP contribution in [0.15, 0.2) is 23.1 Å². The Bertz CT molecular complexity index is 849. The largest absolute Gasteiger partial charge is 0.480 e. The van der Waals surface area contributed by atoms with Crippen LogP contribution in [0.1, 0.15) is 23.2 Å². The van der Waals surface area contributed by atoms with E-state index in [1.807, 2.05) is 0 Å². The zero-order chi connectivity index (χ0) is 23.6. The van der Waals surface area contributed by atoms with Crippen LogP contribution in [-0.2, 0) is 19.2 Å². The Morgan fingerprint density at radius 3 is 2.39 bits per heavy atom. The van der Waals surface area contributed by atoms with Gasteiger partial charge in [0.25, 0.3) is 0 Å². The van der Waals surface area contributed by atoms with E-state index in [2.05, 4.69) is 16.0 Å². The quantitative estimate of drug-likeness (QED) is 0.176. The number of primary amides is 1. The summed E-state index contributed by atoms with van der Waals surface area (Å²) in [6.45, 7) is -0.630. The maximum Gasteiger partial charge on any atom is 0.322 e. The molecule has 1 aromatic rings. The van der Waals surface area contributed by atoms with Gasteiger partial charge in [0.1, 0.15) is 18.6 Å². The number of aliphatic carboxylic acids is 2. The van der Waals surface area contributed by atoms with Crippen molar-refractivity contribution in [2.24, 2.45) is 11.5 Å². The number of thioether (sulfide) groups is 1. The van der Waals surface area contributed by atoms with Crippen molar-refractivity contribution in [2.45, 2.75) is 29.8 Å². The molecule has 1 aromatic carbocycles. The molecule has 3 amide bonds. The average Bonchev–Trinajstić information content (AvgIpc) is 2.72. The molecule has 0 bridgehead atoms. The lowest BCUT2D eigenvalue weighted by molar-refractivity contribution is -0.139. The molecule has 0 aromatic heterocycles. The summed E-state index contributed by atoms with van der Waals surface area (Å²) >= 11 is 1.18. The van der Waals surface area contributed by atoms with Gasteiger partial charge in [0.2, 0.25) is 17.7 Å². The number of carboxylic acids is 2. The van der Waals surface area contributed by atoms with Crippen molar-refractivity contribution in [3.63, 3.8) is 0 Å². The van der Waals surface area contributed by atoms with Crippen molar-refractivity contribution in [1.82, 2.24) is 10.6 Å². The number of amides is 3. The fraction of sp³-hybridized carbons (Fsp3) is 0.389. The van der Waals surface area contributed by atoms with E-state index in [9.17, 15) is 24.0 Å². The topological polar surface area (TPSA) is 214 Å². The Balaban J connectivity index is 2.88. The van der Waals surface area contributed by atoms with Gasteiger partial charge in [-0.05, 0) is 24.6 Å². The molecule has 0 saturated carbocycles. The molecule has 9 N–H and O–H groups in total. The van der Waals surface area contributed by atoms with Gasteiger partial charge in [-0.15, -0.1) is 11.8 Å². The van der Waals surface area contributed by atoms with Gasteiger partial charge in [0.15, 0.2) is 0 Å². The predicted molar refractivity (Wildman–Crippen MR) is 113 cm³/mol. The molecule has 1 rings (SSSR count). The zero-order valence-corrected chi connectivity index (χ0v) is 17.5. The minimum Gasteiger partial charge on any atom is -0.480 e. The van der Waals surface area contributed by atoms with Crippen molar-refractivity contribution in [2.75, 3.05) is 24.7 Å².